The summed E-state index contributed by atoms with van der Waals surface area (Å²) in [5.74, 6) is 1.08. The van der Waals surface area contributed by atoms with E-state index in [0.29, 0.717) is 17.0 Å². The highest BCUT2D eigenvalue weighted by atomic mass is 16.5. The number of hydrogen-bond acceptors (Lipinski definition) is 6. The molecule has 4 aromatic rings. The van der Waals surface area contributed by atoms with E-state index < -0.39 is 0 Å². The number of benzene rings is 2. The number of carbonyl (C=O) groups is 1. The molecule has 1 amide bonds. The summed E-state index contributed by atoms with van der Waals surface area (Å²) in [7, 11) is 1.61. The number of nitrogens with one attached hydrogen (secondary N) is 1. The molecule has 0 radical (unpaired) electrons. The van der Waals surface area contributed by atoms with Gasteiger partial charge >= 0.3 is 0 Å². The fraction of sp³-hybridized carbons (Fsp3) is 0.333. The molecular weight excluding hydrogens is 456 g/mol. The van der Waals surface area contributed by atoms with Gasteiger partial charge in [0.05, 0.1) is 12.8 Å². The molecule has 3 heterocycles. The van der Waals surface area contributed by atoms with E-state index in [2.05, 4.69) is 44.7 Å². The molecule has 2 aromatic heterocycles. The van der Waals surface area contributed by atoms with Gasteiger partial charge in [-0.2, -0.15) is 10.2 Å². The van der Waals surface area contributed by atoms with E-state index in [1.807, 2.05) is 30.3 Å². The van der Waals surface area contributed by atoms with Crippen LogP contribution in [0.25, 0.3) is 16.8 Å². The SMILES string of the molecule is COc1ccc(-c2cc3c(=O)n(CC(=O)NC4CCN(Cc5ccccc5)CC4)nc(C)n3n2)cc1. The van der Waals surface area contributed by atoms with Crippen molar-refractivity contribution in [3.63, 3.8) is 0 Å². The first-order valence-corrected chi connectivity index (χ1v) is 12.2. The standard InChI is InChI=1S/C27H30N6O3/c1-19-29-32(27(35)25-16-24(30-33(19)25)21-8-10-23(36-2)11-9-21)18-26(34)28-22-12-14-31(15-13-22)17-20-6-4-3-5-7-20/h3-11,16,22H,12-15,17-18H2,1-2H3,(H,28,34). The summed E-state index contributed by atoms with van der Waals surface area (Å²) < 4.78 is 7.96. The van der Waals surface area contributed by atoms with Crippen LogP contribution in [0.5, 0.6) is 5.75 Å². The third kappa shape index (κ3) is 5.16. The summed E-state index contributed by atoms with van der Waals surface area (Å²) in [6.07, 6.45) is 1.76. The highest BCUT2D eigenvalue weighted by Crippen LogP contribution is 2.22. The maximum Gasteiger partial charge on any atom is 0.293 e. The zero-order chi connectivity index (χ0) is 25.1. The van der Waals surface area contributed by atoms with Gasteiger partial charge in [-0.1, -0.05) is 30.3 Å². The maximum atomic E-state index is 13.1. The molecule has 1 aliphatic rings. The third-order valence-electron chi connectivity index (χ3n) is 6.62. The average Bonchev–Trinajstić information content (AvgIpc) is 3.35. The lowest BCUT2D eigenvalue weighted by Gasteiger charge is -2.32. The highest BCUT2D eigenvalue weighted by Gasteiger charge is 2.22. The largest absolute Gasteiger partial charge is 0.497 e. The topological polar surface area (TPSA) is 93.8 Å². The van der Waals surface area contributed by atoms with Gasteiger partial charge in [0.1, 0.15) is 23.6 Å². The number of likely N-dealkylation sites (tertiary alicyclic amines) is 1. The number of piperidine rings is 1. The van der Waals surface area contributed by atoms with E-state index in [1.54, 1.807) is 20.1 Å². The lowest BCUT2D eigenvalue weighted by atomic mass is 10.0. The number of methoxy groups -OCH3 is 1. The summed E-state index contributed by atoms with van der Waals surface area (Å²) in [6.45, 7) is 4.42. The van der Waals surface area contributed by atoms with Gasteiger partial charge in [0.2, 0.25) is 5.91 Å². The second-order valence-corrected chi connectivity index (χ2v) is 9.17. The van der Waals surface area contributed by atoms with Crippen LogP contribution >= 0.6 is 0 Å². The molecule has 0 saturated carbocycles. The molecule has 36 heavy (non-hydrogen) atoms. The van der Waals surface area contributed by atoms with E-state index >= 15 is 0 Å². The Hall–Kier alpha value is -3.98. The van der Waals surface area contributed by atoms with Crippen LogP contribution in [0.15, 0.2) is 65.5 Å². The monoisotopic (exact) mass is 486 g/mol. The van der Waals surface area contributed by atoms with Gasteiger partial charge in [-0.25, -0.2) is 9.20 Å². The molecule has 0 spiro atoms. The first-order chi connectivity index (χ1) is 17.5. The van der Waals surface area contributed by atoms with Gasteiger partial charge in [-0.15, -0.1) is 0 Å². The Morgan fingerprint density at radius 3 is 2.47 bits per heavy atom. The van der Waals surface area contributed by atoms with Crippen molar-refractivity contribution in [3.8, 4) is 17.0 Å². The zero-order valence-corrected chi connectivity index (χ0v) is 20.6. The molecule has 9 nitrogen and oxygen atoms in total. The second-order valence-electron chi connectivity index (χ2n) is 9.17. The number of ether oxygens (including phenoxy) is 1. The molecule has 0 unspecified atom stereocenters. The minimum Gasteiger partial charge on any atom is -0.497 e. The minimum absolute atomic E-state index is 0.0988. The third-order valence-corrected chi connectivity index (χ3v) is 6.62. The lowest BCUT2D eigenvalue weighted by molar-refractivity contribution is -0.123. The molecule has 0 atom stereocenters. The van der Waals surface area contributed by atoms with Crippen LogP contribution in [0, 0.1) is 6.92 Å². The van der Waals surface area contributed by atoms with E-state index in [4.69, 9.17) is 4.74 Å². The van der Waals surface area contributed by atoms with Gasteiger partial charge in [0.25, 0.3) is 5.56 Å². The van der Waals surface area contributed by atoms with Crippen molar-refractivity contribution in [2.45, 2.75) is 38.9 Å². The molecule has 5 rings (SSSR count). The van der Waals surface area contributed by atoms with E-state index in [0.717, 1.165) is 43.8 Å². The van der Waals surface area contributed by atoms with Crippen molar-refractivity contribution < 1.29 is 9.53 Å². The number of nitrogens with zero attached hydrogens (tertiary/aromatic N) is 5. The number of amides is 1. The van der Waals surface area contributed by atoms with Crippen LogP contribution in [0.1, 0.15) is 24.2 Å². The maximum absolute atomic E-state index is 13.1. The highest BCUT2D eigenvalue weighted by molar-refractivity contribution is 5.76. The normalized spacial score (nSPS) is 14.7. The van der Waals surface area contributed by atoms with Crippen LogP contribution in [-0.4, -0.2) is 56.4 Å². The van der Waals surface area contributed by atoms with Crippen LogP contribution in [0.2, 0.25) is 0 Å². The fourth-order valence-corrected chi connectivity index (χ4v) is 4.67. The Morgan fingerprint density at radius 1 is 1.06 bits per heavy atom. The Labute approximate surface area is 209 Å². The van der Waals surface area contributed by atoms with Crippen molar-refractivity contribution in [3.05, 3.63) is 82.4 Å². The molecule has 1 N–H and O–H groups in total. The number of aryl methyl sites for hydroxylation is 1. The molecule has 2 aromatic carbocycles. The molecule has 9 heteroatoms. The van der Waals surface area contributed by atoms with E-state index in [9.17, 15) is 9.59 Å². The van der Waals surface area contributed by atoms with E-state index in [1.165, 1.54) is 14.8 Å². The lowest BCUT2D eigenvalue weighted by Crippen LogP contribution is -2.46. The number of fused-ring (bicyclic) bond motifs is 1. The Kier molecular flexibility index (Phi) is 6.81. The minimum atomic E-state index is -0.347. The van der Waals surface area contributed by atoms with Crippen molar-refractivity contribution in [2.75, 3.05) is 20.2 Å². The fourth-order valence-electron chi connectivity index (χ4n) is 4.67. The predicted octanol–water partition coefficient (Wildman–Crippen LogP) is 2.66. The average molecular weight is 487 g/mol. The first-order valence-electron chi connectivity index (χ1n) is 12.2. The van der Waals surface area contributed by atoms with Gasteiger partial charge in [-0.3, -0.25) is 14.5 Å². The van der Waals surface area contributed by atoms with Crippen LogP contribution < -0.4 is 15.6 Å². The summed E-state index contributed by atoms with van der Waals surface area (Å²) in [6, 6.07) is 19.7. The zero-order valence-electron chi connectivity index (χ0n) is 20.6. The molecule has 186 valence electrons. The van der Waals surface area contributed by atoms with Gasteiger partial charge in [0, 0.05) is 31.2 Å². The molecule has 0 bridgehead atoms. The van der Waals surface area contributed by atoms with Crippen LogP contribution in [0.3, 0.4) is 0 Å². The molecule has 0 aliphatic carbocycles. The van der Waals surface area contributed by atoms with Crippen molar-refractivity contribution >= 4 is 11.4 Å². The predicted molar refractivity (Wildman–Crippen MR) is 137 cm³/mol. The second kappa shape index (κ2) is 10.3. The number of aromatic nitrogens is 4. The molecule has 1 fully saturated rings. The van der Waals surface area contributed by atoms with Gasteiger partial charge in [-0.05, 0) is 55.7 Å². The molecule has 1 saturated heterocycles. The van der Waals surface area contributed by atoms with Crippen molar-refractivity contribution in [1.29, 1.82) is 0 Å². The summed E-state index contributed by atoms with van der Waals surface area (Å²) in [4.78, 5) is 28.3. The van der Waals surface area contributed by atoms with Crippen molar-refractivity contribution in [2.24, 2.45) is 0 Å². The Balaban J connectivity index is 1.23. The Bertz CT molecular complexity index is 1400. The van der Waals surface area contributed by atoms with Crippen LogP contribution in [-0.2, 0) is 17.9 Å². The van der Waals surface area contributed by atoms with Gasteiger partial charge < -0.3 is 10.1 Å². The number of carbonyl (C=O) groups excluding carboxylic acids is 1. The van der Waals surface area contributed by atoms with Crippen LogP contribution in [0.4, 0.5) is 0 Å². The summed E-state index contributed by atoms with van der Waals surface area (Å²) in [5.41, 5.74) is 2.85. The van der Waals surface area contributed by atoms with Gasteiger partial charge in [0.15, 0.2) is 0 Å². The molecule has 1 aliphatic heterocycles. The van der Waals surface area contributed by atoms with E-state index in [-0.39, 0.29) is 24.1 Å². The first kappa shape index (κ1) is 23.7. The van der Waals surface area contributed by atoms with Crippen molar-refractivity contribution in [1.82, 2.24) is 29.6 Å². The quantitative estimate of drug-likeness (QED) is 0.432. The number of rotatable bonds is 7. The Morgan fingerprint density at radius 2 is 1.78 bits per heavy atom. The number of hydrogen-bond donors (Lipinski definition) is 1. The molecular formula is C27H30N6O3. The summed E-state index contributed by atoms with van der Waals surface area (Å²) in [5, 5.41) is 12.0. The summed E-state index contributed by atoms with van der Waals surface area (Å²) >= 11 is 0. The smallest absolute Gasteiger partial charge is 0.293 e.